The molecular formula is C19H28N2O5. The molecule has 7 nitrogen and oxygen atoms in total. The van der Waals surface area contributed by atoms with Crippen LogP contribution in [0, 0.1) is 10.1 Å². The summed E-state index contributed by atoms with van der Waals surface area (Å²) in [6.07, 6.45) is 3.21. The van der Waals surface area contributed by atoms with Gasteiger partial charge in [-0.15, -0.1) is 0 Å². The van der Waals surface area contributed by atoms with Crippen molar-refractivity contribution in [2.45, 2.75) is 57.9 Å². The molecule has 0 radical (unpaired) electrons. The number of carboxylic acids is 1. The maximum Gasteiger partial charge on any atom is 0.303 e. The number of nitro benzene ring substituents is 1. The van der Waals surface area contributed by atoms with Crippen molar-refractivity contribution in [3.8, 4) is 0 Å². The summed E-state index contributed by atoms with van der Waals surface area (Å²) in [6, 6.07) is 5.44. The Morgan fingerprint density at radius 1 is 1.38 bits per heavy atom. The second-order valence-corrected chi connectivity index (χ2v) is 6.75. The molecule has 1 saturated heterocycles. The van der Waals surface area contributed by atoms with Crippen LogP contribution < -0.4 is 4.90 Å². The topological polar surface area (TPSA) is 92.9 Å². The lowest BCUT2D eigenvalue weighted by Gasteiger charge is -2.35. The number of anilines is 1. The number of hydrogen-bond acceptors (Lipinski definition) is 5. The predicted octanol–water partition coefficient (Wildman–Crippen LogP) is 3.96. The molecule has 1 aliphatic rings. The van der Waals surface area contributed by atoms with Gasteiger partial charge in [0.25, 0.3) is 5.69 Å². The molecule has 1 atom stereocenters. The van der Waals surface area contributed by atoms with Gasteiger partial charge in [-0.25, -0.2) is 0 Å². The van der Waals surface area contributed by atoms with Crippen LogP contribution in [-0.2, 0) is 9.53 Å². The van der Waals surface area contributed by atoms with Crippen LogP contribution in [0.3, 0.4) is 0 Å². The zero-order valence-corrected chi connectivity index (χ0v) is 15.5. The molecule has 1 heterocycles. The van der Waals surface area contributed by atoms with Crippen molar-refractivity contribution < 1.29 is 19.6 Å². The average molecular weight is 364 g/mol. The monoisotopic (exact) mass is 364 g/mol. The Balaban J connectivity index is 2.39. The van der Waals surface area contributed by atoms with Crippen molar-refractivity contribution in [1.82, 2.24) is 0 Å². The molecule has 1 fully saturated rings. The number of hydrogen-bond donors (Lipinski definition) is 1. The average Bonchev–Trinajstić information content (AvgIpc) is 2.64. The minimum atomic E-state index is -0.890. The lowest BCUT2D eigenvalue weighted by molar-refractivity contribution is -0.384. The van der Waals surface area contributed by atoms with E-state index in [0.29, 0.717) is 30.9 Å². The summed E-state index contributed by atoms with van der Waals surface area (Å²) in [5.74, 6) is -1.11. The van der Waals surface area contributed by atoms with Gasteiger partial charge in [0.1, 0.15) is 5.69 Å². The molecule has 26 heavy (non-hydrogen) atoms. The molecule has 0 aromatic heterocycles. The molecular weight excluding hydrogens is 336 g/mol. The third-order valence-electron chi connectivity index (χ3n) is 4.99. The van der Waals surface area contributed by atoms with Crippen LogP contribution in [0.2, 0.25) is 0 Å². The van der Waals surface area contributed by atoms with Crippen LogP contribution in [0.1, 0.15) is 57.4 Å². The van der Waals surface area contributed by atoms with Crippen molar-refractivity contribution in [3.63, 3.8) is 0 Å². The highest BCUT2D eigenvalue weighted by molar-refractivity contribution is 5.69. The van der Waals surface area contributed by atoms with Crippen molar-refractivity contribution in [2.24, 2.45) is 0 Å². The van der Waals surface area contributed by atoms with E-state index in [4.69, 9.17) is 9.84 Å². The Morgan fingerprint density at radius 2 is 2.08 bits per heavy atom. The maximum absolute atomic E-state index is 11.7. The lowest BCUT2D eigenvalue weighted by atomic mass is 9.92. The van der Waals surface area contributed by atoms with Crippen LogP contribution in [0.4, 0.5) is 11.4 Å². The van der Waals surface area contributed by atoms with E-state index < -0.39 is 5.97 Å². The van der Waals surface area contributed by atoms with Crippen LogP contribution >= 0.6 is 0 Å². The largest absolute Gasteiger partial charge is 0.481 e. The first-order valence-electron chi connectivity index (χ1n) is 9.32. The normalized spacial score (nSPS) is 16.2. The number of ether oxygens (including phenoxy) is 1. The van der Waals surface area contributed by atoms with Gasteiger partial charge < -0.3 is 14.7 Å². The molecule has 0 spiro atoms. The van der Waals surface area contributed by atoms with Gasteiger partial charge in [-0.1, -0.05) is 19.9 Å². The van der Waals surface area contributed by atoms with Crippen LogP contribution in [0.5, 0.6) is 0 Å². The molecule has 2 rings (SSSR count). The van der Waals surface area contributed by atoms with Crippen molar-refractivity contribution in [1.29, 1.82) is 0 Å². The van der Waals surface area contributed by atoms with E-state index in [1.165, 1.54) is 0 Å². The maximum atomic E-state index is 11.7. The zero-order chi connectivity index (χ0) is 19.1. The molecule has 1 aliphatic heterocycles. The molecule has 1 N–H and O–H groups in total. The zero-order valence-electron chi connectivity index (χ0n) is 15.5. The number of aliphatic carboxylic acids is 1. The van der Waals surface area contributed by atoms with Crippen molar-refractivity contribution in [2.75, 3.05) is 24.7 Å². The number of nitro groups is 1. The minimum Gasteiger partial charge on any atom is -0.481 e. The third-order valence-corrected chi connectivity index (χ3v) is 4.99. The molecule has 1 aromatic rings. The fourth-order valence-electron chi connectivity index (χ4n) is 3.63. The van der Waals surface area contributed by atoms with Gasteiger partial charge in [0.05, 0.1) is 11.3 Å². The number of benzene rings is 1. The highest BCUT2D eigenvalue weighted by Crippen LogP contribution is 2.36. The van der Waals surface area contributed by atoms with Gasteiger partial charge in [-0.05, 0) is 43.2 Å². The molecule has 144 valence electrons. The molecule has 1 unspecified atom stereocenters. The van der Waals surface area contributed by atoms with E-state index in [2.05, 4.69) is 11.8 Å². The first-order chi connectivity index (χ1) is 12.5. The molecule has 0 amide bonds. The SMILES string of the molecule is CCCN(c1ccc(C(CC)CC(=O)O)cc1[N+](=O)[O-])C1CCOCC1. The first-order valence-corrected chi connectivity index (χ1v) is 9.32. The van der Waals surface area contributed by atoms with E-state index in [9.17, 15) is 14.9 Å². The summed E-state index contributed by atoms with van der Waals surface area (Å²) in [7, 11) is 0. The molecule has 7 heteroatoms. The summed E-state index contributed by atoms with van der Waals surface area (Å²) in [6.45, 7) is 6.06. The van der Waals surface area contributed by atoms with Crippen LogP contribution in [-0.4, -0.2) is 41.8 Å². The van der Waals surface area contributed by atoms with Gasteiger partial charge in [-0.2, -0.15) is 0 Å². The Labute approximate surface area is 154 Å². The first kappa shape index (κ1) is 20.2. The summed E-state index contributed by atoms with van der Waals surface area (Å²) in [5.41, 5.74) is 1.40. The van der Waals surface area contributed by atoms with Gasteiger partial charge in [-0.3, -0.25) is 14.9 Å². The quantitative estimate of drug-likeness (QED) is 0.527. The summed E-state index contributed by atoms with van der Waals surface area (Å²) < 4.78 is 5.43. The van der Waals surface area contributed by atoms with E-state index in [1.54, 1.807) is 12.1 Å². The van der Waals surface area contributed by atoms with E-state index in [0.717, 1.165) is 25.8 Å². The van der Waals surface area contributed by atoms with Gasteiger partial charge in [0.15, 0.2) is 0 Å². The molecule has 0 bridgehead atoms. The third kappa shape index (κ3) is 4.94. The van der Waals surface area contributed by atoms with Crippen LogP contribution in [0.25, 0.3) is 0 Å². The Bertz CT molecular complexity index is 628. The summed E-state index contributed by atoms with van der Waals surface area (Å²) in [5, 5.41) is 20.8. The molecule has 1 aromatic carbocycles. The highest BCUT2D eigenvalue weighted by atomic mass is 16.6. The number of carbonyl (C=O) groups is 1. The highest BCUT2D eigenvalue weighted by Gasteiger charge is 2.28. The molecule has 0 aliphatic carbocycles. The van der Waals surface area contributed by atoms with Crippen molar-refractivity contribution >= 4 is 17.3 Å². The van der Waals surface area contributed by atoms with E-state index >= 15 is 0 Å². The number of nitrogens with zero attached hydrogens (tertiary/aromatic N) is 2. The molecule has 0 saturated carbocycles. The van der Waals surface area contributed by atoms with Gasteiger partial charge in [0.2, 0.25) is 0 Å². The number of carboxylic acid groups (broad SMARTS) is 1. The van der Waals surface area contributed by atoms with E-state index in [-0.39, 0.29) is 29.0 Å². The fraction of sp³-hybridized carbons (Fsp3) is 0.632. The summed E-state index contributed by atoms with van der Waals surface area (Å²) in [4.78, 5) is 24.6. The minimum absolute atomic E-state index is 0.0222. The fourth-order valence-corrected chi connectivity index (χ4v) is 3.63. The Kier molecular flexibility index (Phi) is 7.38. The van der Waals surface area contributed by atoms with Gasteiger partial charge in [0, 0.05) is 31.9 Å². The summed E-state index contributed by atoms with van der Waals surface area (Å²) >= 11 is 0. The smallest absolute Gasteiger partial charge is 0.303 e. The predicted molar refractivity (Wildman–Crippen MR) is 99.9 cm³/mol. The number of rotatable bonds is 9. The lowest BCUT2D eigenvalue weighted by Crippen LogP contribution is -2.40. The second-order valence-electron chi connectivity index (χ2n) is 6.75. The van der Waals surface area contributed by atoms with Crippen LogP contribution in [0.15, 0.2) is 18.2 Å². The Morgan fingerprint density at radius 3 is 2.62 bits per heavy atom. The second kappa shape index (κ2) is 9.52. The Hall–Kier alpha value is -2.15. The standard InChI is InChI=1S/C19H28N2O5/c1-3-9-20(16-7-10-26-11-8-16)17-6-5-15(12-18(17)21(24)25)14(4-2)13-19(22)23/h5-6,12,14,16H,3-4,7-11,13H2,1-2H3,(H,22,23). The van der Waals surface area contributed by atoms with E-state index in [1.807, 2.05) is 13.0 Å². The van der Waals surface area contributed by atoms with Gasteiger partial charge >= 0.3 is 5.97 Å². The van der Waals surface area contributed by atoms with Crippen molar-refractivity contribution in [3.05, 3.63) is 33.9 Å².